The van der Waals surface area contributed by atoms with Crippen LogP contribution in [0.2, 0.25) is 0 Å². The highest BCUT2D eigenvalue weighted by atomic mass is 32.1. The molecule has 3 rings (SSSR count). The Hall–Kier alpha value is -1.89. The van der Waals surface area contributed by atoms with Crippen LogP contribution in [0.5, 0.6) is 0 Å². The maximum atomic E-state index is 12.5. The lowest BCUT2D eigenvalue weighted by atomic mass is 10.1. The van der Waals surface area contributed by atoms with E-state index in [0.29, 0.717) is 12.1 Å². The summed E-state index contributed by atoms with van der Waals surface area (Å²) in [7, 11) is 3.98. The summed E-state index contributed by atoms with van der Waals surface area (Å²) in [6.45, 7) is 3.91. The SMILES string of the molecule is CN(C)c1ccc(C(=O)NC[C@H](c2cccs2)N2CCOCC2)cc1. The fourth-order valence-electron chi connectivity index (χ4n) is 2.98. The van der Waals surface area contributed by atoms with Crippen LogP contribution in [0.3, 0.4) is 0 Å². The Bertz CT molecular complexity index is 664. The van der Waals surface area contributed by atoms with Gasteiger partial charge in [-0.1, -0.05) is 6.07 Å². The number of carbonyl (C=O) groups is 1. The van der Waals surface area contributed by atoms with E-state index in [4.69, 9.17) is 4.74 Å². The fraction of sp³-hybridized carbons (Fsp3) is 0.421. The Morgan fingerprint density at radius 2 is 1.96 bits per heavy atom. The van der Waals surface area contributed by atoms with Crippen LogP contribution in [0.1, 0.15) is 21.3 Å². The molecular weight excluding hydrogens is 334 g/mol. The predicted octanol–water partition coefficient (Wildman–Crippen LogP) is 2.62. The highest BCUT2D eigenvalue weighted by Gasteiger charge is 2.24. The topological polar surface area (TPSA) is 44.8 Å². The molecule has 0 unspecified atom stereocenters. The lowest BCUT2D eigenvalue weighted by Crippen LogP contribution is -2.43. The monoisotopic (exact) mass is 359 g/mol. The van der Waals surface area contributed by atoms with Gasteiger partial charge in [-0.3, -0.25) is 9.69 Å². The van der Waals surface area contributed by atoms with E-state index >= 15 is 0 Å². The molecule has 0 spiro atoms. The van der Waals surface area contributed by atoms with E-state index in [1.165, 1.54) is 4.88 Å². The first kappa shape index (κ1) is 17.9. The van der Waals surface area contributed by atoms with Gasteiger partial charge in [0.1, 0.15) is 0 Å². The van der Waals surface area contributed by atoms with E-state index < -0.39 is 0 Å². The van der Waals surface area contributed by atoms with Gasteiger partial charge in [-0.25, -0.2) is 0 Å². The van der Waals surface area contributed by atoms with Crippen molar-refractivity contribution in [3.63, 3.8) is 0 Å². The van der Waals surface area contributed by atoms with Gasteiger partial charge in [-0.2, -0.15) is 0 Å². The van der Waals surface area contributed by atoms with Crippen LogP contribution in [-0.4, -0.2) is 57.8 Å². The molecule has 2 heterocycles. The van der Waals surface area contributed by atoms with E-state index in [0.717, 1.165) is 32.0 Å². The minimum atomic E-state index is -0.0277. The Kier molecular flexibility index (Phi) is 6.07. The standard InChI is InChI=1S/C19H25N3O2S/c1-21(2)16-7-5-15(6-8-16)19(23)20-14-17(18-4-3-13-25-18)22-9-11-24-12-10-22/h3-8,13,17H,9-12,14H2,1-2H3,(H,20,23)/t17-/m1/s1. The largest absolute Gasteiger partial charge is 0.379 e. The van der Waals surface area contributed by atoms with Crippen molar-refractivity contribution in [2.45, 2.75) is 6.04 Å². The van der Waals surface area contributed by atoms with E-state index in [2.05, 4.69) is 27.7 Å². The van der Waals surface area contributed by atoms with Crippen molar-refractivity contribution in [2.75, 3.05) is 51.8 Å². The van der Waals surface area contributed by atoms with E-state index in [9.17, 15) is 4.79 Å². The number of ether oxygens (including phenoxy) is 1. The molecule has 1 aromatic carbocycles. The smallest absolute Gasteiger partial charge is 0.251 e. The summed E-state index contributed by atoms with van der Waals surface area (Å²) in [5.74, 6) is -0.0277. The summed E-state index contributed by atoms with van der Waals surface area (Å²) in [5, 5.41) is 5.19. The van der Waals surface area contributed by atoms with Crippen LogP contribution in [0.15, 0.2) is 41.8 Å². The van der Waals surface area contributed by atoms with Crippen molar-refractivity contribution in [1.82, 2.24) is 10.2 Å². The van der Waals surface area contributed by atoms with Crippen molar-refractivity contribution in [3.05, 3.63) is 52.2 Å². The van der Waals surface area contributed by atoms with Crippen molar-refractivity contribution in [1.29, 1.82) is 0 Å². The normalized spacial score (nSPS) is 16.4. The van der Waals surface area contributed by atoms with Gasteiger partial charge in [-0.05, 0) is 35.7 Å². The summed E-state index contributed by atoms with van der Waals surface area (Å²) in [4.78, 5) is 18.2. The third-order valence-corrected chi connectivity index (χ3v) is 5.43. The van der Waals surface area contributed by atoms with Gasteiger partial charge in [-0.15, -0.1) is 11.3 Å². The van der Waals surface area contributed by atoms with Crippen LogP contribution in [0, 0.1) is 0 Å². The molecule has 0 aliphatic carbocycles. The van der Waals surface area contributed by atoms with Gasteiger partial charge < -0.3 is 15.0 Å². The first-order valence-electron chi connectivity index (χ1n) is 8.56. The second-order valence-corrected chi connectivity index (χ2v) is 7.31. The van der Waals surface area contributed by atoms with Crippen LogP contribution in [0.25, 0.3) is 0 Å². The molecule has 1 amide bonds. The van der Waals surface area contributed by atoms with Crippen LogP contribution < -0.4 is 10.2 Å². The molecule has 0 bridgehead atoms. The Balaban J connectivity index is 1.64. The zero-order valence-electron chi connectivity index (χ0n) is 14.8. The molecule has 0 saturated carbocycles. The number of morpholine rings is 1. The van der Waals surface area contributed by atoms with Crippen LogP contribution in [0.4, 0.5) is 5.69 Å². The third kappa shape index (κ3) is 4.60. The maximum absolute atomic E-state index is 12.5. The first-order chi connectivity index (χ1) is 12.1. The zero-order valence-corrected chi connectivity index (χ0v) is 15.6. The summed E-state index contributed by atoms with van der Waals surface area (Å²) in [6, 6.07) is 12.1. The lowest BCUT2D eigenvalue weighted by Gasteiger charge is -2.34. The first-order valence-corrected chi connectivity index (χ1v) is 9.44. The van der Waals surface area contributed by atoms with Gasteiger partial charge in [0.05, 0.1) is 19.3 Å². The molecule has 1 N–H and O–H groups in total. The number of benzene rings is 1. The number of rotatable bonds is 6. The Morgan fingerprint density at radius 3 is 2.56 bits per heavy atom. The van der Waals surface area contributed by atoms with Crippen molar-refractivity contribution in [3.8, 4) is 0 Å². The van der Waals surface area contributed by atoms with Crippen molar-refractivity contribution in [2.24, 2.45) is 0 Å². The second-order valence-electron chi connectivity index (χ2n) is 6.33. The minimum absolute atomic E-state index is 0.0277. The minimum Gasteiger partial charge on any atom is -0.379 e. The molecular formula is C19H25N3O2S. The molecule has 134 valence electrons. The van der Waals surface area contributed by atoms with Gasteiger partial charge in [0.2, 0.25) is 0 Å². The quantitative estimate of drug-likeness (QED) is 0.861. The van der Waals surface area contributed by atoms with Gasteiger partial charge in [0.15, 0.2) is 0 Å². The number of thiophene rings is 1. The third-order valence-electron chi connectivity index (χ3n) is 4.46. The number of anilines is 1. The molecule has 25 heavy (non-hydrogen) atoms. The second kappa shape index (κ2) is 8.47. The van der Waals surface area contributed by atoms with E-state index in [1.54, 1.807) is 11.3 Å². The van der Waals surface area contributed by atoms with Crippen LogP contribution >= 0.6 is 11.3 Å². The van der Waals surface area contributed by atoms with E-state index in [-0.39, 0.29) is 11.9 Å². The molecule has 6 heteroatoms. The van der Waals surface area contributed by atoms with Crippen molar-refractivity contribution >= 4 is 22.9 Å². The summed E-state index contributed by atoms with van der Waals surface area (Å²) in [6.07, 6.45) is 0. The maximum Gasteiger partial charge on any atom is 0.251 e. The molecule has 2 aromatic rings. The Morgan fingerprint density at radius 1 is 1.24 bits per heavy atom. The summed E-state index contributed by atoms with van der Waals surface area (Å²) < 4.78 is 5.46. The summed E-state index contributed by atoms with van der Waals surface area (Å²) in [5.41, 5.74) is 1.78. The average molecular weight is 359 g/mol. The summed E-state index contributed by atoms with van der Waals surface area (Å²) >= 11 is 1.74. The molecule has 1 aromatic heterocycles. The fourth-order valence-corrected chi connectivity index (χ4v) is 3.84. The highest BCUT2D eigenvalue weighted by molar-refractivity contribution is 7.10. The Labute approximate surface area is 153 Å². The number of hydrogen-bond donors (Lipinski definition) is 1. The molecule has 1 atom stereocenters. The molecule has 1 saturated heterocycles. The number of nitrogens with one attached hydrogen (secondary N) is 1. The molecule has 1 fully saturated rings. The number of hydrogen-bond acceptors (Lipinski definition) is 5. The lowest BCUT2D eigenvalue weighted by molar-refractivity contribution is 0.0169. The number of nitrogens with zero attached hydrogens (tertiary/aromatic N) is 2. The van der Waals surface area contributed by atoms with Crippen LogP contribution in [-0.2, 0) is 4.74 Å². The number of amides is 1. The van der Waals surface area contributed by atoms with Gasteiger partial charge in [0, 0.05) is 49.9 Å². The highest BCUT2D eigenvalue weighted by Crippen LogP contribution is 2.25. The molecule has 0 radical (unpaired) electrons. The number of carbonyl (C=O) groups excluding carboxylic acids is 1. The molecule has 1 aliphatic heterocycles. The van der Waals surface area contributed by atoms with Crippen molar-refractivity contribution < 1.29 is 9.53 Å². The van der Waals surface area contributed by atoms with E-state index in [1.807, 2.05) is 43.3 Å². The average Bonchev–Trinajstić information content (AvgIpc) is 3.17. The van der Waals surface area contributed by atoms with Gasteiger partial charge in [0.25, 0.3) is 5.91 Å². The molecule has 1 aliphatic rings. The van der Waals surface area contributed by atoms with Gasteiger partial charge >= 0.3 is 0 Å². The predicted molar refractivity (Wildman–Crippen MR) is 103 cm³/mol. The molecule has 5 nitrogen and oxygen atoms in total. The zero-order chi connectivity index (χ0) is 17.6.